The number of hydrogen-bond donors (Lipinski definition) is 1. The molecule has 6 heteroatoms. The van der Waals surface area contributed by atoms with Crippen LogP contribution in [-0.2, 0) is 17.8 Å². The van der Waals surface area contributed by atoms with Crippen molar-refractivity contribution in [3.8, 4) is 10.6 Å². The standard InChI is InChI=1S/C16H14N4OS/c21-15(19-9-12-3-1-5-17-8-12)7-14-11-22-16(20-14)13-4-2-6-18-10-13/h1-6,8,10-11H,7,9H2,(H,19,21). The first-order chi connectivity index (χ1) is 10.8. The molecule has 0 aromatic carbocycles. The maximum Gasteiger partial charge on any atom is 0.226 e. The van der Waals surface area contributed by atoms with Gasteiger partial charge in [-0.2, -0.15) is 0 Å². The number of carbonyl (C=O) groups is 1. The fourth-order valence-corrected chi connectivity index (χ4v) is 2.75. The highest BCUT2D eigenvalue weighted by molar-refractivity contribution is 7.13. The van der Waals surface area contributed by atoms with Crippen molar-refractivity contribution < 1.29 is 4.79 Å². The van der Waals surface area contributed by atoms with E-state index in [-0.39, 0.29) is 12.3 Å². The fourth-order valence-electron chi connectivity index (χ4n) is 1.94. The molecule has 3 heterocycles. The molecule has 0 aliphatic heterocycles. The van der Waals surface area contributed by atoms with Crippen LogP contribution in [0.15, 0.2) is 54.4 Å². The smallest absolute Gasteiger partial charge is 0.226 e. The van der Waals surface area contributed by atoms with Crippen molar-refractivity contribution in [2.75, 3.05) is 0 Å². The van der Waals surface area contributed by atoms with Crippen molar-refractivity contribution in [2.24, 2.45) is 0 Å². The van der Waals surface area contributed by atoms with E-state index in [9.17, 15) is 4.79 Å². The van der Waals surface area contributed by atoms with Crippen LogP contribution in [-0.4, -0.2) is 20.9 Å². The van der Waals surface area contributed by atoms with Crippen molar-refractivity contribution in [1.29, 1.82) is 0 Å². The van der Waals surface area contributed by atoms with Crippen molar-refractivity contribution in [3.63, 3.8) is 0 Å². The van der Waals surface area contributed by atoms with Gasteiger partial charge in [0, 0.05) is 42.3 Å². The number of nitrogens with zero attached hydrogens (tertiary/aromatic N) is 3. The minimum absolute atomic E-state index is 0.0492. The molecule has 110 valence electrons. The molecule has 3 aromatic rings. The van der Waals surface area contributed by atoms with Crippen LogP contribution in [0.3, 0.4) is 0 Å². The number of pyridine rings is 2. The molecule has 0 saturated carbocycles. The lowest BCUT2D eigenvalue weighted by Gasteiger charge is -2.03. The summed E-state index contributed by atoms with van der Waals surface area (Å²) in [7, 11) is 0. The monoisotopic (exact) mass is 310 g/mol. The van der Waals surface area contributed by atoms with E-state index in [4.69, 9.17) is 0 Å². The number of nitrogens with one attached hydrogen (secondary N) is 1. The predicted octanol–water partition coefficient (Wildman–Crippen LogP) is 2.46. The molecule has 0 aliphatic rings. The number of thiazole rings is 1. The third-order valence-corrected chi connectivity index (χ3v) is 3.95. The number of carbonyl (C=O) groups excluding carboxylic acids is 1. The highest BCUT2D eigenvalue weighted by Gasteiger charge is 2.09. The van der Waals surface area contributed by atoms with E-state index in [0.29, 0.717) is 6.54 Å². The number of hydrogen-bond acceptors (Lipinski definition) is 5. The van der Waals surface area contributed by atoms with Gasteiger partial charge in [0.2, 0.25) is 5.91 Å². The molecule has 0 atom stereocenters. The van der Waals surface area contributed by atoms with Gasteiger partial charge in [-0.25, -0.2) is 4.98 Å². The van der Waals surface area contributed by atoms with Gasteiger partial charge in [-0.15, -0.1) is 11.3 Å². The van der Waals surface area contributed by atoms with Gasteiger partial charge >= 0.3 is 0 Å². The number of amides is 1. The summed E-state index contributed by atoms with van der Waals surface area (Å²) in [6, 6.07) is 7.60. The summed E-state index contributed by atoms with van der Waals surface area (Å²) in [5.74, 6) is -0.0492. The summed E-state index contributed by atoms with van der Waals surface area (Å²) >= 11 is 1.52. The summed E-state index contributed by atoms with van der Waals surface area (Å²) in [4.78, 5) is 24.5. The van der Waals surface area contributed by atoms with Crippen molar-refractivity contribution in [2.45, 2.75) is 13.0 Å². The summed E-state index contributed by atoms with van der Waals surface area (Å²) in [6.45, 7) is 0.478. The van der Waals surface area contributed by atoms with E-state index >= 15 is 0 Å². The van der Waals surface area contributed by atoms with Crippen LogP contribution in [0.1, 0.15) is 11.3 Å². The third-order valence-electron chi connectivity index (χ3n) is 3.01. The zero-order valence-corrected chi connectivity index (χ0v) is 12.6. The Bertz CT molecular complexity index is 743. The molecule has 0 aliphatic carbocycles. The van der Waals surface area contributed by atoms with Crippen LogP contribution in [0.4, 0.5) is 0 Å². The highest BCUT2D eigenvalue weighted by atomic mass is 32.1. The zero-order chi connectivity index (χ0) is 15.2. The molecular weight excluding hydrogens is 296 g/mol. The van der Waals surface area contributed by atoms with E-state index in [0.717, 1.165) is 21.8 Å². The maximum absolute atomic E-state index is 12.0. The molecule has 5 nitrogen and oxygen atoms in total. The molecule has 0 unspecified atom stereocenters. The molecule has 0 spiro atoms. The van der Waals surface area contributed by atoms with E-state index < -0.39 is 0 Å². The van der Waals surface area contributed by atoms with E-state index in [2.05, 4.69) is 20.3 Å². The maximum atomic E-state index is 12.0. The first-order valence-corrected chi connectivity index (χ1v) is 7.69. The quantitative estimate of drug-likeness (QED) is 0.786. The first-order valence-electron chi connectivity index (χ1n) is 6.81. The van der Waals surface area contributed by atoms with Crippen LogP contribution in [0.5, 0.6) is 0 Å². The molecule has 22 heavy (non-hydrogen) atoms. The molecule has 3 aromatic heterocycles. The lowest BCUT2D eigenvalue weighted by molar-refractivity contribution is -0.120. The van der Waals surface area contributed by atoms with Crippen LogP contribution in [0, 0.1) is 0 Å². The van der Waals surface area contributed by atoms with Crippen LogP contribution in [0.25, 0.3) is 10.6 Å². The van der Waals surface area contributed by atoms with Gasteiger partial charge in [0.1, 0.15) is 5.01 Å². The van der Waals surface area contributed by atoms with Crippen molar-refractivity contribution in [1.82, 2.24) is 20.3 Å². The molecule has 0 radical (unpaired) electrons. The van der Waals surface area contributed by atoms with Crippen molar-refractivity contribution >= 4 is 17.2 Å². The van der Waals surface area contributed by atoms with Crippen molar-refractivity contribution in [3.05, 3.63) is 65.7 Å². The van der Waals surface area contributed by atoms with Gasteiger partial charge in [-0.3, -0.25) is 14.8 Å². The molecule has 1 amide bonds. The Balaban J connectivity index is 1.57. The molecule has 1 N–H and O–H groups in total. The average Bonchev–Trinajstić information content (AvgIpc) is 3.03. The lowest BCUT2D eigenvalue weighted by Crippen LogP contribution is -2.24. The average molecular weight is 310 g/mol. The predicted molar refractivity (Wildman–Crippen MR) is 85.1 cm³/mol. The van der Waals surface area contributed by atoms with Gasteiger partial charge < -0.3 is 5.32 Å². The van der Waals surface area contributed by atoms with Gasteiger partial charge in [0.25, 0.3) is 0 Å². The Kier molecular flexibility index (Phi) is 4.50. The van der Waals surface area contributed by atoms with Gasteiger partial charge in [-0.1, -0.05) is 6.07 Å². The normalized spacial score (nSPS) is 10.4. The van der Waals surface area contributed by atoms with Crippen LogP contribution < -0.4 is 5.32 Å². The molecule has 0 fully saturated rings. The Morgan fingerprint density at radius 2 is 1.95 bits per heavy atom. The summed E-state index contributed by atoms with van der Waals surface area (Å²) in [6.07, 6.45) is 7.22. The summed E-state index contributed by atoms with van der Waals surface area (Å²) in [5.41, 5.74) is 2.72. The van der Waals surface area contributed by atoms with E-state index in [1.54, 1.807) is 24.8 Å². The zero-order valence-electron chi connectivity index (χ0n) is 11.8. The minimum Gasteiger partial charge on any atom is -0.352 e. The fraction of sp³-hybridized carbons (Fsp3) is 0.125. The molecule has 0 saturated heterocycles. The Labute approximate surface area is 132 Å². The van der Waals surface area contributed by atoms with E-state index in [1.165, 1.54) is 11.3 Å². The molecular formula is C16H14N4OS. The summed E-state index contributed by atoms with van der Waals surface area (Å²) in [5, 5.41) is 5.66. The first kappa shape index (κ1) is 14.3. The molecule has 0 bridgehead atoms. The SMILES string of the molecule is O=C(Cc1csc(-c2cccnc2)n1)NCc1cccnc1. The second kappa shape index (κ2) is 6.91. The Morgan fingerprint density at radius 1 is 1.14 bits per heavy atom. The van der Waals surface area contributed by atoms with E-state index in [1.807, 2.05) is 29.6 Å². The van der Waals surface area contributed by atoms with Gasteiger partial charge in [0.05, 0.1) is 12.1 Å². The topological polar surface area (TPSA) is 67.8 Å². The third kappa shape index (κ3) is 3.73. The number of rotatable bonds is 5. The lowest BCUT2D eigenvalue weighted by atomic mass is 10.2. The highest BCUT2D eigenvalue weighted by Crippen LogP contribution is 2.22. The summed E-state index contributed by atoms with van der Waals surface area (Å²) < 4.78 is 0. The minimum atomic E-state index is -0.0492. The Morgan fingerprint density at radius 3 is 2.68 bits per heavy atom. The van der Waals surface area contributed by atoms with Gasteiger partial charge in [0.15, 0.2) is 0 Å². The largest absolute Gasteiger partial charge is 0.352 e. The van der Waals surface area contributed by atoms with Gasteiger partial charge in [-0.05, 0) is 23.8 Å². The second-order valence-corrected chi connectivity index (χ2v) is 5.56. The number of aromatic nitrogens is 3. The van der Waals surface area contributed by atoms with Crippen LogP contribution >= 0.6 is 11.3 Å². The Hall–Kier alpha value is -2.60. The molecule has 3 rings (SSSR count). The second-order valence-electron chi connectivity index (χ2n) is 4.70. The van der Waals surface area contributed by atoms with Crippen LogP contribution in [0.2, 0.25) is 0 Å².